The minimum Gasteiger partial charge on any atom is -0.491 e. The fourth-order valence-electron chi connectivity index (χ4n) is 3.82. The van der Waals surface area contributed by atoms with E-state index in [-0.39, 0.29) is 0 Å². The monoisotopic (exact) mass is 356 g/mol. The lowest BCUT2D eigenvalue weighted by atomic mass is 10.1. The molecule has 2 aromatic rings. The molecule has 2 aromatic carbocycles. The second-order valence-corrected chi connectivity index (χ2v) is 7.65. The van der Waals surface area contributed by atoms with E-state index in [1.807, 2.05) is 12.1 Å². The summed E-state index contributed by atoms with van der Waals surface area (Å²) < 4.78 is 5.80. The number of aliphatic hydroxyl groups is 1. The highest BCUT2D eigenvalue weighted by Crippen LogP contribution is 2.16. The zero-order valence-electron chi connectivity index (χ0n) is 16.0. The molecule has 3 N–H and O–H groups in total. The lowest BCUT2D eigenvalue weighted by molar-refractivity contribution is -1.02. The summed E-state index contributed by atoms with van der Waals surface area (Å²) in [5.74, 6) is 0.855. The maximum atomic E-state index is 10.3. The summed E-state index contributed by atoms with van der Waals surface area (Å²) in [5, 5.41) is 10.3. The van der Waals surface area contributed by atoms with E-state index in [9.17, 15) is 5.11 Å². The Labute approximate surface area is 157 Å². The fraction of sp³-hybridized carbons (Fsp3) is 0.455. The van der Waals surface area contributed by atoms with Crippen molar-refractivity contribution in [1.29, 1.82) is 0 Å². The van der Waals surface area contributed by atoms with Crippen LogP contribution in [0, 0.1) is 13.8 Å². The van der Waals surface area contributed by atoms with Gasteiger partial charge in [-0.25, -0.2) is 0 Å². The van der Waals surface area contributed by atoms with Crippen molar-refractivity contribution in [1.82, 2.24) is 0 Å². The van der Waals surface area contributed by atoms with Crippen LogP contribution in [0.15, 0.2) is 48.5 Å². The third-order valence-corrected chi connectivity index (χ3v) is 5.12. The van der Waals surface area contributed by atoms with Gasteiger partial charge in [0.25, 0.3) is 0 Å². The molecular weight excluding hydrogens is 324 g/mol. The van der Waals surface area contributed by atoms with Crippen LogP contribution in [0.4, 0.5) is 0 Å². The third kappa shape index (κ3) is 5.84. The van der Waals surface area contributed by atoms with Crippen LogP contribution < -0.4 is 14.5 Å². The van der Waals surface area contributed by atoms with Crippen LogP contribution in [0.2, 0.25) is 0 Å². The van der Waals surface area contributed by atoms with Crippen LogP contribution in [0.5, 0.6) is 5.75 Å². The molecule has 0 radical (unpaired) electrons. The summed E-state index contributed by atoms with van der Waals surface area (Å²) in [7, 11) is 0. The molecule has 1 aliphatic heterocycles. The van der Waals surface area contributed by atoms with E-state index in [1.165, 1.54) is 21.6 Å². The zero-order chi connectivity index (χ0) is 18.4. The molecule has 0 bridgehead atoms. The molecule has 1 heterocycles. The lowest BCUT2D eigenvalue weighted by Crippen LogP contribution is -3.28. The number of benzene rings is 2. The Kier molecular flexibility index (Phi) is 6.67. The van der Waals surface area contributed by atoms with Gasteiger partial charge in [-0.1, -0.05) is 36.4 Å². The molecule has 0 saturated carbocycles. The van der Waals surface area contributed by atoms with E-state index in [2.05, 4.69) is 50.2 Å². The predicted octanol–water partition coefficient (Wildman–Crippen LogP) is 0.0267. The van der Waals surface area contributed by atoms with Crippen molar-refractivity contribution in [2.75, 3.05) is 39.3 Å². The maximum Gasteiger partial charge on any atom is 0.137 e. The van der Waals surface area contributed by atoms with Crippen molar-refractivity contribution < 1.29 is 19.6 Å². The highest BCUT2D eigenvalue weighted by molar-refractivity contribution is 5.32. The van der Waals surface area contributed by atoms with Crippen LogP contribution >= 0.6 is 0 Å². The first-order chi connectivity index (χ1) is 12.6. The summed E-state index contributed by atoms with van der Waals surface area (Å²) >= 11 is 0. The average Bonchev–Trinajstić information content (AvgIpc) is 2.62. The Bertz CT molecular complexity index is 662. The molecule has 1 aliphatic rings. The van der Waals surface area contributed by atoms with Crippen molar-refractivity contribution in [2.45, 2.75) is 26.5 Å². The van der Waals surface area contributed by atoms with Gasteiger partial charge in [0.15, 0.2) is 0 Å². The standard InChI is InChI=1S/C22H30N2O2/c1-18-12-19(2)14-22(13-18)26-17-21(25)16-24-10-8-23(9-11-24)15-20-6-4-3-5-7-20/h3-7,12-14,21,25H,8-11,15-17H2,1-2H3/p+2/t21-/m1/s1. The molecule has 26 heavy (non-hydrogen) atoms. The van der Waals surface area contributed by atoms with Gasteiger partial charge in [-0.05, 0) is 37.1 Å². The average molecular weight is 357 g/mol. The maximum absolute atomic E-state index is 10.3. The smallest absolute Gasteiger partial charge is 0.137 e. The van der Waals surface area contributed by atoms with E-state index in [1.54, 1.807) is 4.90 Å². The van der Waals surface area contributed by atoms with E-state index >= 15 is 0 Å². The first-order valence-electron chi connectivity index (χ1n) is 9.69. The second-order valence-electron chi connectivity index (χ2n) is 7.65. The molecule has 4 nitrogen and oxygen atoms in total. The van der Waals surface area contributed by atoms with Crippen molar-refractivity contribution in [3.8, 4) is 5.75 Å². The molecule has 0 amide bonds. The number of ether oxygens (including phenoxy) is 1. The number of hydrogen-bond donors (Lipinski definition) is 3. The summed E-state index contributed by atoms with van der Waals surface area (Å²) in [4.78, 5) is 3.12. The van der Waals surface area contributed by atoms with Crippen LogP contribution in [0.3, 0.4) is 0 Å². The number of hydrogen-bond acceptors (Lipinski definition) is 2. The van der Waals surface area contributed by atoms with Gasteiger partial charge in [-0.2, -0.15) is 0 Å². The van der Waals surface area contributed by atoms with Crippen LogP contribution in [-0.2, 0) is 6.54 Å². The third-order valence-electron chi connectivity index (χ3n) is 5.12. The van der Waals surface area contributed by atoms with Gasteiger partial charge in [0.1, 0.15) is 57.7 Å². The molecule has 1 fully saturated rings. The van der Waals surface area contributed by atoms with E-state index in [4.69, 9.17) is 4.74 Å². The van der Waals surface area contributed by atoms with Gasteiger partial charge in [0, 0.05) is 5.56 Å². The van der Waals surface area contributed by atoms with Crippen LogP contribution in [0.1, 0.15) is 16.7 Å². The Morgan fingerprint density at radius 2 is 1.54 bits per heavy atom. The van der Waals surface area contributed by atoms with Crippen molar-refractivity contribution >= 4 is 0 Å². The summed E-state index contributed by atoms with van der Waals surface area (Å²) in [5.41, 5.74) is 3.79. The molecule has 0 aromatic heterocycles. The van der Waals surface area contributed by atoms with E-state index in [0.717, 1.165) is 45.0 Å². The summed E-state index contributed by atoms with van der Waals surface area (Å²) in [6.45, 7) is 10.9. The molecule has 1 atom stereocenters. The number of piperazine rings is 1. The number of aryl methyl sites for hydroxylation is 2. The highest BCUT2D eigenvalue weighted by Gasteiger charge is 2.25. The number of quaternary nitrogens is 2. The molecule has 0 aliphatic carbocycles. The van der Waals surface area contributed by atoms with Gasteiger partial charge >= 0.3 is 0 Å². The number of nitrogens with one attached hydrogen (secondary N) is 2. The van der Waals surface area contributed by atoms with E-state index in [0.29, 0.717) is 6.61 Å². The molecule has 3 rings (SSSR count). The quantitative estimate of drug-likeness (QED) is 0.655. The Morgan fingerprint density at radius 1 is 0.923 bits per heavy atom. The normalized spacial score (nSPS) is 21.3. The Morgan fingerprint density at radius 3 is 2.19 bits per heavy atom. The summed E-state index contributed by atoms with van der Waals surface area (Å²) in [6, 6.07) is 16.9. The molecule has 0 unspecified atom stereocenters. The van der Waals surface area contributed by atoms with Crippen LogP contribution in [0.25, 0.3) is 0 Å². The van der Waals surface area contributed by atoms with E-state index < -0.39 is 6.10 Å². The van der Waals surface area contributed by atoms with Crippen molar-refractivity contribution in [2.24, 2.45) is 0 Å². The van der Waals surface area contributed by atoms with Crippen LogP contribution in [-0.4, -0.2) is 50.5 Å². The van der Waals surface area contributed by atoms with Gasteiger partial charge in [0.05, 0.1) is 0 Å². The summed E-state index contributed by atoms with van der Waals surface area (Å²) in [6.07, 6.45) is -0.415. The van der Waals surface area contributed by atoms with Gasteiger partial charge in [-0.3, -0.25) is 0 Å². The fourth-order valence-corrected chi connectivity index (χ4v) is 3.82. The first-order valence-corrected chi connectivity index (χ1v) is 9.69. The van der Waals surface area contributed by atoms with Gasteiger partial charge in [0.2, 0.25) is 0 Å². The Hall–Kier alpha value is -1.88. The SMILES string of the molecule is Cc1cc(C)cc(OC[C@H](O)C[NH+]2CC[NH+](Cc3ccccc3)CC2)c1. The number of aliphatic hydroxyl groups excluding tert-OH is 1. The number of rotatable bonds is 7. The second kappa shape index (κ2) is 9.17. The largest absolute Gasteiger partial charge is 0.491 e. The zero-order valence-corrected chi connectivity index (χ0v) is 16.0. The van der Waals surface area contributed by atoms with Gasteiger partial charge in [-0.15, -0.1) is 0 Å². The Balaban J connectivity index is 1.38. The molecular formula is C22H32N2O2+2. The minimum atomic E-state index is -0.415. The topological polar surface area (TPSA) is 38.3 Å². The minimum absolute atomic E-state index is 0.368. The van der Waals surface area contributed by atoms with Crippen molar-refractivity contribution in [3.63, 3.8) is 0 Å². The van der Waals surface area contributed by atoms with Gasteiger partial charge < -0.3 is 19.6 Å². The lowest BCUT2D eigenvalue weighted by Gasteiger charge is -2.30. The first kappa shape index (κ1) is 18.9. The predicted molar refractivity (Wildman–Crippen MR) is 104 cm³/mol. The van der Waals surface area contributed by atoms with Crippen molar-refractivity contribution in [3.05, 3.63) is 65.2 Å². The molecule has 1 saturated heterocycles. The molecule has 0 spiro atoms. The molecule has 140 valence electrons. The highest BCUT2D eigenvalue weighted by atomic mass is 16.5. The molecule has 4 heteroatoms.